The van der Waals surface area contributed by atoms with Crippen LogP contribution >= 0.6 is 11.8 Å². The van der Waals surface area contributed by atoms with Crippen molar-refractivity contribution in [3.63, 3.8) is 0 Å². The summed E-state index contributed by atoms with van der Waals surface area (Å²) in [6, 6.07) is 0. The number of thioether (sulfide) groups is 1. The third-order valence-electron chi connectivity index (χ3n) is 1.30. The van der Waals surface area contributed by atoms with E-state index in [0.29, 0.717) is 11.0 Å². The Kier molecular flexibility index (Phi) is 1.95. The Morgan fingerprint density at radius 1 is 1.75 bits per heavy atom. The molecule has 1 atom stereocenters. The first-order valence-electron chi connectivity index (χ1n) is 2.92. The molecule has 8 heavy (non-hydrogen) atoms. The second-order valence-electron chi connectivity index (χ2n) is 2.17. The van der Waals surface area contributed by atoms with Gasteiger partial charge < -0.3 is 0 Å². The number of Topliss-reactive ketones (excluding diaryl/α,β-unsaturated/α-hetero) is 1. The summed E-state index contributed by atoms with van der Waals surface area (Å²) in [5.41, 5.74) is 0. The van der Waals surface area contributed by atoms with Gasteiger partial charge in [0.15, 0.2) is 0 Å². The first-order chi connectivity index (χ1) is 3.79. The molecule has 1 unspecified atom stereocenters. The molecule has 0 spiro atoms. The third-order valence-corrected chi connectivity index (χ3v) is 2.47. The molecular weight excluding hydrogens is 120 g/mol. The van der Waals surface area contributed by atoms with Crippen LogP contribution in [0, 0.1) is 0 Å². The van der Waals surface area contributed by atoms with E-state index in [1.54, 1.807) is 0 Å². The molecule has 0 saturated carbocycles. The van der Waals surface area contributed by atoms with E-state index in [4.69, 9.17) is 0 Å². The molecule has 1 aliphatic rings. The lowest BCUT2D eigenvalue weighted by Crippen LogP contribution is -2.14. The Morgan fingerprint density at radius 2 is 2.50 bits per heavy atom. The standard InChI is InChI=1S/C6H10OS/c1-5-4-6(7)2-3-8-5/h5H,2-4H2,1H3. The number of carbonyl (C=O) groups excluding carboxylic acids is 1. The second-order valence-corrected chi connectivity index (χ2v) is 3.72. The number of hydrogen-bond donors (Lipinski definition) is 0. The molecule has 0 amide bonds. The van der Waals surface area contributed by atoms with Crippen LogP contribution in [0.4, 0.5) is 0 Å². The Balaban J connectivity index is 2.34. The first kappa shape index (κ1) is 6.14. The van der Waals surface area contributed by atoms with E-state index in [-0.39, 0.29) is 0 Å². The molecule has 0 aromatic rings. The van der Waals surface area contributed by atoms with Crippen LogP contribution in [0.1, 0.15) is 19.8 Å². The van der Waals surface area contributed by atoms with E-state index in [0.717, 1.165) is 18.6 Å². The van der Waals surface area contributed by atoms with Crippen molar-refractivity contribution >= 4 is 17.5 Å². The normalized spacial score (nSPS) is 30.6. The van der Waals surface area contributed by atoms with Crippen molar-refractivity contribution in [2.75, 3.05) is 5.75 Å². The van der Waals surface area contributed by atoms with Gasteiger partial charge in [-0.15, -0.1) is 0 Å². The van der Waals surface area contributed by atoms with Crippen LogP contribution in [0.5, 0.6) is 0 Å². The van der Waals surface area contributed by atoms with E-state index in [1.807, 2.05) is 11.8 Å². The molecule has 0 aromatic carbocycles. The summed E-state index contributed by atoms with van der Waals surface area (Å²) >= 11 is 1.90. The molecular formula is C6H10OS. The fourth-order valence-corrected chi connectivity index (χ4v) is 1.91. The smallest absolute Gasteiger partial charge is 0.134 e. The quantitative estimate of drug-likeness (QED) is 0.494. The summed E-state index contributed by atoms with van der Waals surface area (Å²) < 4.78 is 0. The van der Waals surface area contributed by atoms with Crippen LogP contribution in [0.3, 0.4) is 0 Å². The van der Waals surface area contributed by atoms with Crippen molar-refractivity contribution < 1.29 is 4.79 Å². The second kappa shape index (κ2) is 2.53. The van der Waals surface area contributed by atoms with Crippen LogP contribution < -0.4 is 0 Å². The van der Waals surface area contributed by atoms with Gasteiger partial charge in [-0.05, 0) is 0 Å². The number of hydrogen-bond acceptors (Lipinski definition) is 2. The van der Waals surface area contributed by atoms with Crippen LogP contribution in [-0.2, 0) is 4.79 Å². The van der Waals surface area contributed by atoms with E-state index in [1.165, 1.54) is 0 Å². The fraction of sp³-hybridized carbons (Fsp3) is 0.833. The number of carbonyl (C=O) groups is 1. The lowest BCUT2D eigenvalue weighted by molar-refractivity contribution is -0.118. The molecule has 0 aliphatic carbocycles. The van der Waals surface area contributed by atoms with E-state index in [2.05, 4.69) is 6.92 Å². The molecule has 1 rings (SSSR count). The largest absolute Gasteiger partial charge is 0.300 e. The molecule has 1 fully saturated rings. The zero-order chi connectivity index (χ0) is 5.98. The minimum absolute atomic E-state index is 0.441. The van der Waals surface area contributed by atoms with Crippen molar-refractivity contribution in [2.24, 2.45) is 0 Å². The van der Waals surface area contributed by atoms with Gasteiger partial charge in [0.05, 0.1) is 0 Å². The molecule has 1 nitrogen and oxygen atoms in total. The highest BCUT2D eigenvalue weighted by atomic mass is 32.2. The first-order valence-corrected chi connectivity index (χ1v) is 3.97. The number of ketones is 1. The van der Waals surface area contributed by atoms with E-state index >= 15 is 0 Å². The lowest BCUT2D eigenvalue weighted by Gasteiger charge is -2.14. The van der Waals surface area contributed by atoms with Gasteiger partial charge in [-0.1, -0.05) is 6.92 Å². The molecule has 2 heteroatoms. The Morgan fingerprint density at radius 3 is 2.88 bits per heavy atom. The SMILES string of the molecule is CC1CC(=O)CCS1. The van der Waals surface area contributed by atoms with Crippen molar-refractivity contribution in [1.29, 1.82) is 0 Å². The maximum atomic E-state index is 10.7. The summed E-state index contributed by atoms with van der Waals surface area (Å²) in [6.45, 7) is 2.11. The maximum absolute atomic E-state index is 10.7. The molecule has 46 valence electrons. The molecule has 0 radical (unpaired) electrons. The van der Waals surface area contributed by atoms with Gasteiger partial charge in [0.1, 0.15) is 5.78 Å². The summed E-state index contributed by atoms with van der Waals surface area (Å²) in [6.07, 6.45) is 1.60. The monoisotopic (exact) mass is 130 g/mol. The predicted octanol–water partition coefficient (Wildman–Crippen LogP) is 1.47. The van der Waals surface area contributed by atoms with Gasteiger partial charge in [0, 0.05) is 23.8 Å². The molecule has 1 saturated heterocycles. The maximum Gasteiger partial charge on any atom is 0.134 e. The van der Waals surface area contributed by atoms with Gasteiger partial charge in [0.2, 0.25) is 0 Å². The van der Waals surface area contributed by atoms with Gasteiger partial charge in [-0.25, -0.2) is 0 Å². The third kappa shape index (κ3) is 1.51. The summed E-state index contributed by atoms with van der Waals surface area (Å²) in [7, 11) is 0. The Hall–Kier alpha value is 0.0200. The van der Waals surface area contributed by atoms with Gasteiger partial charge in [0.25, 0.3) is 0 Å². The van der Waals surface area contributed by atoms with E-state index < -0.39 is 0 Å². The highest BCUT2D eigenvalue weighted by Gasteiger charge is 2.14. The van der Waals surface area contributed by atoms with Crippen molar-refractivity contribution in [3.05, 3.63) is 0 Å². The van der Waals surface area contributed by atoms with Gasteiger partial charge in [-0.3, -0.25) is 4.79 Å². The minimum atomic E-state index is 0.441. The molecule has 1 heterocycles. The average Bonchev–Trinajstić information content (AvgIpc) is 1.64. The van der Waals surface area contributed by atoms with Crippen molar-refractivity contribution in [3.8, 4) is 0 Å². The van der Waals surface area contributed by atoms with Gasteiger partial charge in [-0.2, -0.15) is 11.8 Å². The van der Waals surface area contributed by atoms with Crippen LogP contribution in [0.2, 0.25) is 0 Å². The van der Waals surface area contributed by atoms with Crippen LogP contribution in [-0.4, -0.2) is 16.8 Å². The molecule has 0 bridgehead atoms. The zero-order valence-corrected chi connectivity index (χ0v) is 5.83. The van der Waals surface area contributed by atoms with Crippen LogP contribution in [0.25, 0.3) is 0 Å². The van der Waals surface area contributed by atoms with E-state index in [9.17, 15) is 4.79 Å². The predicted molar refractivity (Wildman–Crippen MR) is 36.2 cm³/mol. The topological polar surface area (TPSA) is 17.1 Å². The van der Waals surface area contributed by atoms with Crippen molar-refractivity contribution in [2.45, 2.75) is 25.0 Å². The molecule has 0 N–H and O–H groups in total. The zero-order valence-electron chi connectivity index (χ0n) is 5.02. The Bertz CT molecular complexity index is 101. The van der Waals surface area contributed by atoms with Gasteiger partial charge >= 0.3 is 0 Å². The van der Waals surface area contributed by atoms with Crippen LogP contribution in [0.15, 0.2) is 0 Å². The summed E-state index contributed by atoms with van der Waals surface area (Å²) in [5.74, 6) is 1.48. The molecule has 1 aliphatic heterocycles. The minimum Gasteiger partial charge on any atom is -0.300 e. The lowest BCUT2D eigenvalue weighted by atomic mass is 10.2. The summed E-state index contributed by atoms with van der Waals surface area (Å²) in [5, 5.41) is 0.580. The highest BCUT2D eigenvalue weighted by Crippen LogP contribution is 2.21. The average molecular weight is 130 g/mol. The fourth-order valence-electron chi connectivity index (χ4n) is 0.856. The van der Waals surface area contributed by atoms with Crippen molar-refractivity contribution in [1.82, 2.24) is 0 Å². The molecule has 0 aromatic heterocycles. The summed E-state index contributed by atoms with van der Waals surface area (Å²) in [4.78, 5) is 10.7. The Labute approximate surface area is 53.8 Å². The highest BCUT2D eigenvalue weighted by molar-refractivity contribution is 8.00. The number of rotatable bonds is 0.